The Labute approximate surface area is 92.7 Å². The Kier molecular flexibility index (Phi) is 2.25. The minimum absolute atomic E-state index is 0.369. The molecule has 2 fully saturated rings. The highest BCUT2D eigenvalue weighted by Gasteiger charge is 2.65. The first kappa shape index (κ1) is 10.8. The largest absolute Gasteiger partial charge is 0.354 e. The SMILES string of the molecule is CN=C(NC1CC1)NC1C(C)(C)C1(C)C. The van der Waals surface area contributed by atoms with E-state index in [2.05, 4.69) is 43.3 Å². The van der Waals surface area contributed by atoms with Crippen molar-refractivity contribution >= 4 is 5.96 Å². The van der Waals surface area contributed by atoms with Gasteiger partial charge in [0, 0.05) is 19.1 Å². The van der Waals surface area contributed by atoms with E-state index in [1.165, 1.54) is 12.8 Å². The second-order valence-electron chi connectivity index (χ2n) is 6.01. The molecule has 3 nitrogen and oxygen atoms in total. The van der Waals surface area contributed by atoms with Crippen LogP contribution in [0.5, 0.6) is 0 Å². The molecule has 0 aromatic rings. The van der Waals surface area contributed by atoms with Crippen molar-refractivity contribution in [1.82, 2.24) is 10.6 Å². The van der Waals surface area contributed by atoms with E-state index >= 15 is 0 Å². The zero-order chi connectivity index (χ0) is 11.3. The summed E-state index contributed by atoms with van der Waals surface area (Å²) in [7, 11) is 1.85. The summed E-state index contributed by atoms with van der Waals surface area (Å²) < 4.78 is 0. The fourth-order valence-electron chi connectivity index (χ4n) is 2.29. The van der Waals surface area contributed by atoms with Gasteiger partial charge in [0.05, 0.1) is 0 Å². The van der Waals surface area contributed by atoms with Crippen LogP contribution >= 0.6 is 0 Å². The lowest BCUT2D eigenvalue weighted by Gasteiger charge is -2.12. The van der Waals surface area contributed by atoms with E-state index in [0.29, 0.717) is 22.9 Å². The van der Waals surface area contributed by atoms with E-state index in [1.54, 1.807) is 0 Å². The molecular weight excluding hydrogens is 186 g/mol. The molecule has 0 radical (unpaired) electrons. The first-order valence-electron chi connectivity index (χ1n) is 5.89. The van der Waals surface area contributed by atoms with E-state index in [4.69, 9.17) is 0 Å². The van der Waals surface area contributed by atoms with Crippen molar-refractivity contribution in [2.24, 2.45) is 15.8 Å². The average Bonchev–Trinajstić information content (AvgIpc) is 3.00. The third-order valence-electron chi connectivity index (χ3n) is 4.44. The summed E-state index contributed by atoms with van der Waals surface area (Å²) in [6, 6.07) is 1.20. The summed E-state index contributed by atoms with van der Waals surface area (Å²) >= 11 is 0. The van der Waals surface area contributed by atoms with Crippen LogP contribution in [0.1, 0.15) is 40.5 Å². The van der Waals surface area contributed by atoms with Crippen LogP contribution in [0.15, 0.2) is 4.99 Å². The molecule has 0 aliphatic heterocycles. The van der Waals surface area contributed by atoms with Gasteiger partial charge in [0.15, 0.2) is 5.96 Å². The predicted molar refractivity (Wildman–Crippen MR) is 64.0 cm³/mol. The maximum absolute atomic E-state index is 4.27. The fourth-order valence-corrected chi connectivity index (χ4v) is 2.29. The summed E-state index contributed by atoms with van der Waals surface area (Å²) in [4.78, 5) is 4.27. The van der Waals surface area contributed by atoms with Gasteiger partial charge in [-0.05, 0) is 23.7 Å². The van der Waals surface area contributed by atoms with Crippen LogP contribution in [0.25, 0.3) is 0 Å². The van der Waals surface area contributed by atoms with E-state index in [-0.39, 0.29) is 0 Å². The first-order valence-corrected chi connectivity index (χ1v) is 5.89. The zero-order valence-corrected chi connectivity index (χ0v) is 10.5. The van der Waals surface area contributed by atoms with E-state index in [9.17, 15) is 0 Å². The Hall–Kier alpha value is -0.730. The molecule has 0 saturated heterocycles. The van der Waals surface area contributed by atoms with Gasteiger partial charge in [-0.15, -0.1) is 0 Å². The molecule has 2 aliphatic rings. The van der Waals surface area contributed by atoms with Gasteiger partial charge in [-0.2, -0.15) is 0 Å². The number of hydrogen-bond acceptors (Lipinski definition) is 1. The number of nitrogens with one attached hydrogen (secondary N) is 2. The van der Waals surface area contributed by atoms with Crippen molar-refractivity contribution < 1.29 is 0 Å². The molecule has 0 unspecified atom stereocenters. The Morgan fingerprint density at radius 2 is 1.60 bits per heavy atom. The summed E-state index contributed by atoms with van der Waals surface area (Å²) in [6.45, 7) is 9.26. The number of aliphatic imine (C=N–C) groups is 1. The lowest BCUT2D eigenvalue weighted by molar-refractivity contribution is 0.457. The molecule has 3 heteroatoms. The molecule has 2 rings (SSSR count). The van der Waals surface area contributed by atoms with Crippen molar-refractivity contribution in [1.29, 1.82) is 0 Å². The van der Waals surface area contributed by atoms with E-state index < -0.39 is 0 Å². The molecule has 2 N–H and O–H groups in total. The summed E-state index contributed by atoms with van der Waals surface area (Å²) in [6.07, 6.45) is 2.58. The van der Waals surface area contributed by atoms with Crippen molar-refractivity contribution in [2.75, 3.05) is 7.05 Å². The Morgan fingerprint density at radius 3 is 1.93 bits per heavy atom. The van der Waals surface area contributed by atoms with Crippen LogP contribution in [-0.4, -0.2) is 25.1 Å². The Morgan fingerprint density at radius 1 is 1.07 bits per heavy atom. The van der Waals surface area contributed by atoms with E-state index in [0.717, 1.165) is 5.96 Å². The van der Waals surface area contributed by atoms with Crippen LogP contribution in [0.4, 0.5) is 0 Å². The fraction of sp³-hybridized carbons (Fsp3) is 0.917. The molecule has 2 aliphatic carbocycles. The molecule has 0 aromatic heterocycles. The van der Waals surface area contributed by atoms with Crippen LogP contribution in [0.2, 0.25) is 0 Å². The van der Waals surface area contributed by atoms with Crippen molar-refractivity contribution in [3.8, 4) is 0 Å². The van der Waals surface area contributed by atoms with Gasteiger partial charge in [0.1, 0.15) is 0 Å². The van der Waals surface area contributed by atoms with Crippen molar-refractivity contribution in [3.63, 3.8) is 0 Å². The van der Waals surface area contributed by atoms with Gasteiger partial charge in [-0.25, -0.2) is 0 Å². The second-order valence-corrected chi connectivity index (χ2v) is 6.01. The Bertz CT molecular complexity index is 273. The smallest absolute Gasteiger partial charge is 0.191 e. The van der Waals surface area contributed by atoms with Crippen LogP contribution in [0.3, 0.4) is 0 Å². The number of guanidine groups is 1. The molecule has 86 valence electrons. The highest BCUT2D eigenvalue weighted by molar-refractivity contribution is 5.81. The van der Waals surface area contributed by atoms with Crippen LogP contribution < -0.4 is 10.6 Å². The molecule has 0 amide bonds. The molecule has 2 saturated carbocycles. The van der Waals surface area contributed by atoms with Crippen molar-refractivity contribution in [3.05, 3.63) is 0 Å². The van der Waals surface area contributed by atoms with Crippen molar-refractivity contribution in [2.45, 2.75) is 52.6 Å². The summed E-state index contributed by atoms with van der Waals surface area (Å²) in [5.74, 6) is 0.973. The maximum Gasteiger partial charge on any atom is 0.191 e. The third kappa shape index (κ3) is 1.72. The van der Waals surface area contributed by atoms with Crippen LogP contribution in [-0.2, 0) is 0 Å². The normalized spacial score (nSPS) is 28.7. The number of nitrogens with zero attached hydrogens (tertiary/aromatic N) is 1. The monoisotopic (exact) mass is 209 g/mol. The van der Waals surface area contributed by atoms with Gasteiger partial charge in [0.2, 0.25) is 0 Å². The zero-order valence-electron chi connectivity index (χ0n) is 10.5. The minimum atomic E-state index is 0.369. The molecule has 0 atom stereocenters. The quantitative estimate of drug-likeness (QED) is 0.537. The number of rotatable bonds is 2. The van der Waals surface area contributed by atoms with Gasteiger partial charge in [0.25, 0.3) is 0 Å². The standard InChI is InChI=1S/C12H23N3/c1-11(2)9(12(11,3)4)15-10(13-5)14-8-6-7-8/h8-9H,6-7H2,1-5H3,(H2,13,14,15). The molecule has 0 bridgehead atoms. The lowest BCUT2D eigenvalue weighted by Crippen LogP contribution is -2.41. The lowest BCUT2D eigenvalue weighted by atomic mass is 10.0. The molecule has 15 heavy (non-hydrogen) atoms. The second kappa shape index (κ2) is 3.13. The van der Waals surface area contributed by atoms with E-state index in [1.807, 2.05) is 7.05 Å². The van der Waals surface area contributed by atoms with Crippen LogP contribution in [0, 0.1) is 10.8 Å². The molecule has 0 heterocycles. The minimum Gasteiger partial charge on any atom is -0.354 e. The molecule has 0 aromatic carbocycles. The Balaban J connectivity index is 1.91. The van der Waals surface area contributed by atoms with Gasteiger partial charge in [-0.3, -0.25) is 4.99 Å². The third-order valence-corrected chi connectivity index (χ3v) is 4.44. The van der Waals surface area contributed by atoms with Gasteiger partial charge >= 0.3 is 0 Å². The van der Waals surface area contributed by atoms with Gasteiger partial charge < -0.3 is 10.6 Å². The molecular formula is C12H23N3. The number of hydrogen-bond donors (Lipinski definition) is 2. The van der Waals surface area contributed by atoms with Gasteiger partial charge in [-0.1, -0.05) is 27.7 Å². The maximum atomic E-state index is 4.27. The average molecular weight is 209 g/mol. The first-order chi connectivity index (χ1) is 6.89. The molecule has 0 spiro atoms. The highest BCUT2D eigenvalue weighted by Crippen LogP contribution is 2.62. The predicted octanol–water partition coefficient (Wildman–Crippen LogP) is 1.75. The highest BCUT2D eigenvalue weighted by atomic mass is 15.2. The summed E-state index contributed by atoms with van der Waals surface area (Å²) in [5.41, 5.74) is 0.738. The topological polar surface area (TPSA) is 36.4 Å². The summed E-state index contributed by atoms with van der Waals surface area (Å²) in [5, 5.41) is 6.96.